The largest absolute Gasteiger partial charge is 0.508 e. The van der Waals surface area contributed by atoms with Crippen LogP contribution in [-0.4, -0.2) is 66.6 Å². The molecule has 0 unspecified atom stereocenters. The third-order valence-electron chi connectivity index (χ3n) is 4.43. The molecule has 0 spiro atoms. The summed E-state index contributed by atoms with van der Waals surface area (Å²) in [5, 5.41) is 26.8. The molecular formula is C26H37BrO8. The fraction of sp³-hybridized carbons (Fsp3) is 0.462. The van der Waals surface area contributed by atoms with E-state index in [1.54, 1.807) is 24.3 Å². The number of phenols is 1. The van der Waals surface area contributed by atoms with Gasteiger partial charge in [0.15, 0.2) is 0 Å². The van der Waals surface area contributed by atoms with Gasteiger partial charge in [0.25, 0.3) is 0 Å². The second-order valence-electron chi connectivity index (χ2n) is 7.16. The van der Waals surface area contributed by atoms with E-state index in [-0.39, 0.29) is 18.3 Å². The summed E-state index contributed by atoms with van der Waals surface area (Å²) in [7, 11) is 2.67. The number of hydrogen-bond acceptors (Lipinski definition) is 8. The van der Waals surface area contributed by atoms with E-state index >= 15 is 0 Å². The Labute approximate surface area is 216 Å². The minimum absolute atomic E-state index is 0.137. The molecule has 0 saturated heterocycles. The summed E-state index contributed by atoms with van der Waals surface area (Å²) in [6.45, 7) is 1.19. The van der Waals surface area contributed by atoms with E-state index in [9.17, 15) is 9.59 Å². The van der Waals surface area contributed by atoms with Crippen molar-refractivity contribution in [3.63, 3.8) is 0 Å². The standard InChI is InChI=1S/C13H18O4.C8H8O3.C5H11BrO/c1-16-13(15)11-5-7-12(8-6-11)17-10-4-2-3-9-14;1-11-8(10)6-2-4-7(9)5-3-6;6-4-2-1-3-5-7/h5-8,14H,2-4,9-10H2,1H3;2-5,9H,1H3;7H,1-5H2. The maximum Gasteiger partial charge on any atom is 0.337 e. The summed E-state index contributed by atoms with van der Waals surface area (Å²) < 4.78 is 14.5. The van der Waals surface area contributed by atoms with Gasteiger partial charge in [-0.15, -0.1) is 0 Å². The lowest BCUT2D eigenvalue weighted by atomic mass is 10.2. The number of carbonyl (C=O) groups is 2. The maximum absolute atomic E-state index is 11.2. The van der Waals surface area contributed by atoms with Gasteiger partial charge in [-0.25, -0.2) is 9.59 Å². The van der Waals surface area contributed by atoms with E-state index in [2.05, 4.69) is 25.4 Å². The molecule has 8 nitrogen and oxygen atoms in total. The summed E-state index contributed by atoms with van der Waals surface area (Å²) in [6, 6.07) is 12.7. The molecule has 0 aliphatic rings. The predicted octanol–water partition coefficient (Wildman–Crippen LogP) is 4.74. The second-order valence-corrected chi connectivity index (χ2v) is 7.95. The Morgan fingerprint density at radius 1 is 0.714 bits per heavy atom. The number of esters is 2. The van der Waals surface area contributed by atoms with Crippen LogP contribution in [0.25, 0.3) is 0 Å². The Morgan fingerprint density at radius 3 is 1.60 bits per heavy atom. The SMILES string of the molecule is COC(=O)c1ccc(O)cc1.COC(=O)c1ccc(OCCCCCO)cc1.OCCCCCBr. The highest BCUT2D eigenvalue weighted by Crippen LogP contribution is 2.13. The zero-order valence-electron chi connectivity index (χ0n) is 20.5. The molecule has 0 aliphatic heterocycles. The van der Waals surface area contributed by atoms with Crippen LogP contribution in [0, 0.1) is 0 Å². The molecule has 0 fully saturated rings. The first-order valence-corrected chi connectivity index (χ1v) is 12.5. The first-order chi connectivity index (χ1) is 16.9. The molecular weight excluding hydrogens is 520 g/mol. The third kappa shape index (κ3) is 16.6. The van der Waals surface area contributed by atoms with Crippen molar-refractivity contribution >= 4 is 27.9 Å². The number of benzene rings is 2. The van der Waals surface area contributed by atoms with E-state index in [1.165, 1.54) is 44.9 Å². The molecule has 0 aromatic heterocycles. The normalized spacial score (nSPS) is 9.63. The maximum atomic E-state index is 11.2. The topological polar surface area (TPSA) is 123 Å². The molecule has 2 aromatic carbocycles. The quantitative estimate of drug-likeness (QED) is 0.194. The minimum Gasteiger partial charge on any atom is -0.508 e. The molecule has 0 saturated carbocycles. The molecule has 2 rings (SSSR count). The van der Waals surface area contributed by atoms with Crippen LogP contribution in [0.2, 0.25) is 0 Å². The fourth-order valence-electron chi connectivity index (χ4n) is 2.48. The van der Waals surface area contributed by atoms with Crippen molar-refractivity contribution in [2.75, 3.05) is 39.4 Å². The number of carbonyl (C=O) groups excluding carboxylic acids is 2. The van der Waals surface area contributed by atoms with Gasteiger partial charge in [0, 0.05) is 18.5 Å². The number of ether oxygens (including phenoxy) is 3. The number of aliphatic hydroxyl groups is 2. The number of alkyl halides is 1. The summed E-state index contributed by atoms with van der Waals surface area (Å²) >= 11 is 3.30. The molecule has 0 atom stereocenters. The number of unbranched alkanes of at least 4 members (excludes halogenated alkanes) is 4. The number of halogens is 1. The van der Waals surface area contributed by atoms with Gasteiger partial charge < -0.3 is 29.5 Å². The van der Waals surface area contributed by atoms with Gasteiger partial charge in [-0.05, 0) is 80.6 Å². The molecule has 35 heavy (non-hydrogen) atoms. The molecule has 196 valence electrons. The van der Waals surface area contributed by atoms with E-state index in [0.717, 1.165) is 43.2 Å². The van der Waals surface area contributed by atoms with Crippen molar-refractivity contribution < 1.29 is 39.1 Å². The summed E-state index contributed by atoms with van der Waals surface area (Å²) in [5.41, 5.74) is 0.949. The molecule has 0 aliphatic carbocycles. The highest BCUT2D eigenvalue weighted by Gasteiger charge is 2.04. The first-order valence-electron chi connectivity index (χ1n) is 11.4. The average Bonchev–Trinajstić information content (AvgIpc) is 2.89. The third-order valence-corrected chi connectivity index (χ3v) is 4.99. The van der Waals surface area contributed by atoms with E-state index < -0.39 is 5.97 Å². The Bertz CT molecular complexity index is 790. The molecule has 3 N–H and O–H groups in total. The number of aromatic hydroxyl groups is 1. The van der Waals surface area contributed by atoms with Crippen molar-refractivity contribution in [1.29, 1.82) is 0 Å². The lowest BCUT2D eigenvalue weighted by Crippen LogP contribution is -2.01. The first kappa shape index (κ1) is 32.4. The van der Waals surface area contributed by atoms with Crippen LogP contribution in [0.1, 0.15) is 59.2 Å². The number of hydrogen-bond donors (Lipinski definition) is 3. The predicted molar refractivity (Wildman–Crippen MR) is 138 cm³/mol. The highest BCUT2D eigenvalue weighted by atomic mass is 79.9. The van der Waals surface area contributed by atoms with Crippen molar-refractivity contribution in [1.82, 2.24) is 0 Å². The number of phenolic OH excluding ortho intramolecular Hbond substituents is 1. The van der Waals surface area contributed by atoms with E-state index in [1.807, 2.05) is 0 Å². The highest BCUT2D eigenvalue weighted by molar-refractivity contribution is 9.09. The number of rotatable bonds is 12. The summed E-state index contributed by atoms with van der Waals surface area (Å²) in [4.78, 5) is 22.0. The average molecular weight is 557 g/mol. The van der Waals surface area contributed by atoms with Gasteiger partial charge in [-0.3, -0.25) is 0 Å². The molecule has 0 heterocycles. The van der Waals surface area contributed by atoms with Crippen LogP contribution in [-0.2, 0) is 9.47 Å². The van der Waals surface area contributed by atoms with Gasteiger partial charge in [-0.2, -0.15) is 0 Å². The Morgan fingerprint density at radius 2 is 1.17 bits per heavy atom. The van der Waals surface area contributed by atoms with Crippen LogP contribution in [0.15, 0.2) is 48.5 Å². The van der Waals surface area contributed by atoms with Crippen molar-refractivity contribution in [3.8, 4) is 11.5 Å². The Balaban J connectivity index is 0.000000550. The van der Waals surface area contributed by atoms with Crippen molar-refractivity contribution in [3.05, 3.63) is 59.7 Å². The number of aliphatic hydroxyl groups excluding tert-OH is 2. The van der Waals surface area contributed by atoms with Gasteiger partial charge in [-0.1, -0.05) is 22.4 Å². The van der Waals surface area contributed by atoms with Crippen LogP contribution >= 0.6 is 15.9 Å². The van der Waals surface area contributed by atoms with Crippen molar-refractivity contribution in [2.24, 2.45) is 0 Å². The molecule has 9 heteroatoms. The summed E-state index contributed by atoms with van der Waals surface area (Å²) in [5.74, 6) is 0.129. The van der Waals surface area contributed by atoms with Gasteiger partial charge in [0.1, 0.15) is 11.5 Å². The monoisotopic (exact) mass is 556 g/mol. The zero-order valence-corrected chi connectivity index (χ0v) is 22.0. The second kappa shape index (κ2) is 21.9. The van der Waals surface area contributed by atoms with Gasteiger partial charge in [0.2, 0.25) is 0 Å². The molecule has 0 amide bonds. The Kier molecular flexibility index (Phi) is 20.2. The minimum atomic E-state index is -0.398. The van der Waals surface area contributed by atoms with Crippen LogP contribution in [0.4, 0.5) is 0 Å². The van der Waals surface area contributed by atoms with Gasteiger partial charge >= 0.3 is 11.9 Å². The van der Waals surface area contributed by atoms with Crippen LogP contribution in [0.3, 0.4) is 0 Å². The lowest BCUT2D eigenvalue weighted by Gasteiger charge is -2.06. The smallest absolute Gasteiger partial charge is 0.337 e. The van der Waals surface area contributed by atoms with Crippen LogP contribution < -0.4 is 4.74 Å². The zero-order chi connectivity index (χ0) is 26.3. The molecule has 0 bridgehead atoms. The van der Waals surface area contributed by atoms with Gasteiger partial charge in [0.05, 0.1) is 32.0 Å². The molecule has 2 aromatic rings. The molecule has 0 radical (unpaired) electrons. The van der Waals surface area contributed by atoms with E-state index in [4.69, 9.17) is 20.1 Å². The Hall–Kier alpha value is -2.62. The number of methoxy groups -OCH3 is 2. The van der Waals surface area contributed by atoms with E-state index in [0.29, 0.717) is 24.3 Å². The summed E-state index contributed by atoms with van der Waals surface area (Å²) in [6.07, 6.45) is 5.95. The van der Waals surface area contributed by atoms with Crippen molar-refractivity contribution in [2.45, 2.75) is 38.5 Å². The van der Waals surface area contributed by atoms with Crippen LogP contribution in [0.5, 0.6) is 11.5 Å². The lowest BCUT2D eigenvalue weighted by molar-refractivity contribution is 0.0592. The fourth-order valence-corrected chi connectivity index (χ4v) is 2.88.